The molecule has 0 aliphatic carbocycles. The van der Waals surface area contributed by atoms with E-state index in [4.69, 9.17) is 9.84 Å². The zero-order chi connectivity index (χ0) is 24.3. The lowest BCUT2D eigenvalue weighted by atomic mass is 9.95. The monoisotopic (exact) mass is 454 g/mol. The Morgan fingerprint density at radius 1 is 1.25 bits per heavy atom. The largest absolute Gasteiger partial charge is 0.504 e. The first kappa shape index (κ1) is 26.8. The number of carboxylic acid groups (broad SMARTS) is 1. The fourth-order valence-electron chi connectivity index (χ4n) is 3.01. The van der Waals surface area contributed by atoms with Crippen molar-refractivity contribution in [3.8, 4) is 0 Å². The van der Waals surface area contributed by atoms with Gasteiger partial charge in [-0.1, -0.05) is 18.2 Å². The topological polar surface area (TPSA) is 78.9 Å². The van der Waals surface area contributed by atoms with Crippen LogP contribution in [0.4, 0.5) is 18.0 Å². The maximum absolute atomic E-state index is 13.3. The van der Waals surface area contributed by atoms with E-state index in [1.165, 1.54) is 30.4 Å². The summed E-state index contributed by atoms with van der Waals surface area (Å²) in [5, 5.41) is 11.8. The molecule has 0 radical (unpaired) electrons. The van der Waals surface area contributed by atoms with Crippen LogP contribution in [-0.2, 0) is 22.3 Å². The number of benzene rings is 1. The second kappa shape index (κ2) is 12.6. The van der Waals surface area contributed by atoms with Gasteiger partial charge in [-0.3, -0.25) is 4.79 Å². The average Bonchev–Trinajstić information content (AvgIpc) is 2.70. The molecule has 0 unspecified atom stereocenters. The number of allylic oxidation sites excluding steroid dienone is 4. The van der Waals surface area contributed by atoms with Gasteiger partial charge in [0.1, 0.15) is 0 Å². The molecule has 0 saturated carbocycles. The molecule has 6 nitrogen and oxygen atoms in total. The number of carbonyl (C=O) groups is 2. The van der Waals surface area contributed by atoms with Crippen LogP contribution in [0.5, 0.6) is 0 Å². The van der Waals surface area contributed by atoms with Crippen molar-refractivity contribution in [1.29, 1.82) is 0 Å². The molecule has 0 aliphatic heterocycles. The quantitative estimate of drug-likeness (QED) is 0.375. The van der Waals surface area contributed by atoms with Crippen molar-refractivity contribution in [1.82, 2.24) is 10.2 Å². The molecule has 0 spiro atoms. The molecule has 1 rings (SSSR count). The third-order valence-corrected chi connectivity index (χ3v) is 4.50. The van der Waals surface area contributed by atoms with Gasteiger partial charge in [-0.2, -0.15) is 13.2 Å². The summed E-state index contributed by atoms with van der Waals surface area (Å²) in [6.45, 7) is 5.83. The number of hydrogen-bond acceptors (Lipinski definition) is 3. The van der Waals surface area contributed by atoms with E-state index >= 15 is 0 Å². The van der Waals surface area contributed by atoms with Crippen molar-refractivity contribution in [2.75, 3.05) is 20.2 Å². The minimum Gasteiger partial charge on any atom is -0.504 e. The Hall–Kier alpha value is -3.23. The maximum Gasteiger partial charge on any atom is 0.416 e. The van der Waals surface area contributed by atoms with Crippen molar-refractivity contribution in [3.05, 3.63) is 65.0 Å². The Labute approximate surface area is 186 Å². The van der Waals surface area contributed by atoms with Crippen molar-refractivity contribution < 1.29 is 32.6 Å². The summed E-state index contributed by atoms with van der Waals surface area (Å²) in [4.78, 5) is 24.9. The fraction of sp³-hybridized carbons (Fsp3) is 0.391. The van der Waals surface area contributed by atoms with Gasteiger partial charge in [-0.05, 0) is 61.3 Å². The van der Waals surface area contributed by atoms with E-state index in [1.54, 1.807) is 32.9 Å². The van der Waals surface area contributed by atoms with Gasteiger partial charge in [0.15, 0.2) is 0 Å². The van der Waals surface area contributed by atoms with Crippen LogP contribution in [0.3, 0.4) is 0 Å². The van der Waals surface area contributed by atoms with Crippen LogP contribution < -0.4 is 5.32 Å². The van der Waals surface area contributed by atoms with E-state index < -0.39 is 17.7 Å². The lowest BCUT2D eigenvalue weighted by Gasteiger charge is -2.23. The van der Waals surface area contributed by atoms with Gasteiger partial charge in [0.25, 0.3) is 0 Å². The highest BCUT2D eigenvalue weighted by Gasteiger charge is 2.31. The molecule has 0 fully saturated rings. The number of ether oxygens (including phenoxy) is 1. The predicted molar refractivity (Wildman–Crippen MR) is 117 cm³/mol. The molecular formula is C23H29F3N2O4. The Bertz CT molecular complexity index is 890. The summed E-state index contributed by atoms with van der Waals surface area (Å²) < 4.78 is 44.8. The lowest BCUT2D eigenvalue weighted by Crippen LogP contribution is -2.39. The van der Waals surface area contributed by atoms with Gasteiger partial charge < -0.3 is 20.1 Å². The summed E-state index contributed by atoms with van der Waals surface area (Å²) in [6, 6.07) is 2.97. The molecule has 0 aliphatic rings. The molecule has 2 amide bonds. The van der Waals surface area contributed by atoms with E-state index in [1.807, 2.05) is 0 Å². The number of alkyl halides is 3. The Kier molecular flexibility index (Phi) is 10.5. The number of nitrogens with one attached hydrogen (secondary N) is 1. The van der Waals surface area contributed by atoms with Crippen LogP contribution in [0.1, 0.15) is 43.9 Å². The summed E-state index contributed by atoms with van der Waals surface area (Å²) in [5.74, 6) is -1.05. The van der Waals surface area contributed by atoms with Crippen LogP contribution in [0, 0.1) is 0 Å². The van der Waals surface area contributed by atoms with Crippen molar-refractivity contribution in [2.45, 2.75) is 39.9 Å². The zero-order valence-corrected chi connectivity index (χ0v) is 18.6. The number of carbonyl (C=O) groups excluding carboxylic acids is 1. The van der Waals surface area contributed by atoms with Crippen LogP contribution in [0.15, 0.2) is 48.3 Å². The second-order valence-electron chi connectivity index (χ2n) is 6.92. The van der Waals surface area contributed by atoms with Crippen LogP contribution in [-0.4, -0.2) is 42.2 Å². The zero-order valence-electron chi connectivity index (χ0n) is 18.6. The number of nitrogens with zero attached hydrogens (tertiary/aromatic N) is 1. The summed E-state index contributed by atoms with van der Waals surface area (Å²) in [5.41, 5.74) is 0.987. The number of aliphatic carboxylic acids is 1. The van der Waals surface area contributed by atoms with Crippen molar-refractivity contribution in [3.63, 3.8) is 0 Å². The molecule has 0 heterocycles. The minimum atomic E-state index is -4.53. The molecule has 1 aromatic rings. The highest BCUT2D eigenvalue weighted by molar-refractivity contribution is 5.76. The molecule has 0 aromatic heterocycles. The van der Waals surface area contributed by atoms with Gasteiger partial charge in [0.2, 0.25) is 0 Å². The number of amides is 2. The number of urea groups is 1. The molecular weight excluding hydrogens is 425 g/mol. The first-order valence-electron chi connectivity index (χ1n) is 10.0. The van der Waals surface area contributed by atoms with Gasteiger partial charge in [0, 0.05) is 19.6 Å². The molecule has 176 valence electrons. The highest BCUT2D eigenvalue weighted by Crippen LogP contribution is 2.33. The molecule has 2 N–H and O–H groups in total. The SMILES string of the molecule is CCNC(=O)N(CC)Cc1cc(C(F)(F)F)ccc1/C(C)=C/C(=C\C=C\OC)CC(=O)O. The number of methoxy groups -OCH3 is 1. The Morgan fingerprint density at radius 3 is 2.47 bits per heavy atom. The second-order valence-corrected chi connectivity index (χ2v) is 6.92. The lowest BCUT2D eigenvalue weighted by molar-refractivity contribution is -0.138. The molecule has 9 heteroatoms. The maximum atomic E-state index is 13.3. The standard InChI is InChI=1S/C23H29F3N2O4/c1-5-27-22(31)28(6-2)15-18-14-19(23(24,25)26)9-10-20(18)16(3)12-17(13-21(29)30)8-7-11-32-4/h7-12,14H,5-6,13,15H2,1-4H3,(H,27,31)(H,29,30)/b11-7+,16-12+,17-8+. The Balaban J connectivity index is 3.49. The highest BCUT2D eigenvalue weighted by atomic mass is 19.4. The summed E-state index contributed by atoms with van der Waals surface area (Å²) in [6.07, 6.45) is 1.25. The normalized spacial score (nSPS) is 12.7. The van der Waals surface area contributed by atoms with E-state index in [0.29, 0.717) is 35.4 Å². The predicted octanol–water partition coefficient (Wildman–Crippen LogP) is 5.22. The average molecular weight is 454 g/mol. The van der Waals surface area contributed by atoms with E-state index in [2.05, 4.69) is 5.32 Å². The molecule has 32 heavy (non-hydrogen) atoms. The number of hydrogen-bond donors (Lipinski definition) is 2. The van der Waals surface area contributed by atoms with Crippen molar-refractivity contribution in [2.24, 2.45) is 0 Å². The van der Waals surface area contributed by atoms with E-state index in [0.717, 1.165) is 12.1 Å². The van der Waals surface area contributed by atoms with E-state index in [-0.39, 0.29) is 19.0 Å². The van der Waals surface area contributed by atoms with Crippen LogP contribution in [0.2, 0.25) is 0 Å². The van der Waals surface area contributed by atoms with Gasteiger partial charge >= 0.3 is 18.2 Å². The Morgan fingerprint density at radius 2 is 1.94 bits per heavy atom. The molecule has 0 saturated heterocycles. The van der Waals surface area contributed by atoms with Crippen LogP contribution in [0.25, 0.3) is 5.57 Å². The molecule has 1 aromatic carbocycles. The van der Waals surface area contributed by atoms with E-state index in [9.17, 15) is 22.8 Å². The first-order valence-corrected chi connectivity index (χ1v) is 10.0. The number of rotatable bonds is 10. The minimum absolute atomic E-state index is 0.0334. The number of carboxylic acids is 1. The molecule has 0 atom stereocenters. The van der Waals surface area contributed by atoms with Gasteiger partial charge in [0.05, 0.1) is 25.4 Å². The number of halogens is 3. The van der Waals surface area contributed by atoms with Gasteiger partial charge in [-0.25, -0.2) is 4.79 Å². The smallest absolute Gasteiger partial charge is 0.416 e. The van der Waals surface area contributed by atoms with Gasteiger partial charge in [-0.15, -0.1) is 0 Å². The van der Waals surface area contributed by atoms with Crippen LogP contribution >= 0.6 is 0 Å². The summed E-state index contributed by atoms with van der Waals surface area (Å²) >= 11 is 0. The molecule has 0 bridgehead atoms. The fourth-order valence-corrected chi connectivity index (χ4v) is 3.01. The first-order chi connectivity index (χ1) is 15.0. The third-order valence-electron chi connectivity index (χ3n) is 4.50. The third kappa shape index (κ3) is 8.49. The summed E-state index contributed by atoms with van der Waals surface area (Å²) in [7, 11) is 1.45. The van der Waals surface area contributed by atoms with Crippen molar-refractivity contribution >= 4 is 17.6 Å².